The van der Waals surface area contributed by atoms with E-state index in [4.69, 9.17) is 19.9 Å². The summed E-state index contributed by atoms with van der Waals surface area (Å²) in [6.45, 7) is 2.81. The molecular formula is C31H35N3O4. The third-order valence-corrected chi connectivity index (χ3v) is 7.59. The summed E-state index contributed by atoms with van der Waals surface area (Å²) in [6.07, 6.45) is 4.18. The predicted molar refractivity (Wildman–Crippen MR) is 149 cm³/mol. The van der Waals surface area contributed by atoms with Gasteiger partial charge in [0.1, 0.15) is 11.5 Å². The molecule has 7 heteroatoms. The Hall–Kier alpha value is -3.97. The van der Waals surface area contributed by atoms with Crippen LogP contribution in [-0.2, 0) is 28.0 Å². The standard InChI is InChI=1S/C31H35N3O4/c1-36-26-16-23(17-27(19-26)37-2)21-38-22-31(25-8-4-3-5-9-25)12-14-33(15-13-31)34-20-24(18-30(32)35)28-10-6-7-11-29(28)34/h3-11,16-17,19-20H,12-15,18,21-22H2,1-2H3,(H2,32,35). The van der Waals surface area contributed by atoms with Crippen LogP contribution in [0.4, 0.5) is 0 Å². The van der Waals surface area contributed by atoms with Gasteiger partial charge in [-0.05, 0) is 47.7 Å². The van der Waals surface area contributed by atoms with Gasteiger partial charge in [0, 0.05) is 36.2 Å². The molecule has 1 aliphatic heterocycles. The largest absolute Gasteiger partial charge is 0.497 e. The lowest BCUT2D eigenvalue weighted by Gasteiger charge is -2.43. The van der Waals surface area contributed by atoms with Crippen molar-refractivity contribution in [1.82, 2.24) is 4.68 Å². The zero-order chi connectivity index (χ0) is 26.5. The number of rotatable bonds is 10. The molecule has 5 rings (SSSR count). The number of methoxy groups -OCH3 is 2. The van der Waals surface area contributed by atoms with Crippen LogP contribution in [0.5, 0.6) is 11.5 Å². The number of aromatic nitrogens is 1. The molecule has 1 saturated heterocycles. The van der Waals surface area contributed by atoms with Gasteiger partial charge in [-0.25, -0.2) is 0 Å². The summed E-state index contributed by atoms with van der Waals surface area (Å²) in [6, 6.07) is 24.7. The molecule has 0 aliphatic carbocycles. The van der Waals surface area contributed by atoms with E-state index in [1.807, 2.05) is 30.3 Å². The molecule has 0 unspecified atom stereocenters. The van der Waals surface area contributed by atoms with Gasteiger partial charge >= 0.3 is 0 Å². The van der Waals surface area contributed by atoms with Crippen molar-refractivity contribution in [3.63, 3.8) is 0 Å². The fourth-order valence-corrected chi connectivity index (χ4v) is 5.55. The summed E-state index contributed by atoms with van der Waals surface area (Å²) >= 11 is 0. The van der Waals surface area contributed by atoms with Crippen molar-refractivity contribution >= 4 is 16.8 Å². The van der Waals surface area contributed by atoms with Gasteiger partial charge in [-0.3, -0.25) is 9.47 Å². The molecule has 2 heterocycles. The number of para-hydroxylation sites is 1. The van der Waals surface area contributed by atoms with Crippen LogP contribution >= 0.6 is 0 Å². The maximum absolute atomic E-state index is 11.7. The molecule has 1 aromatic heterocycles. The normalized spacial score (nSPS) is 14.9. The Morgan fingerprint density at radius 3 is 2.24 bits per heavy atom. The van der Waals surface area contributed by atoms with E-state index in [9.17, 15) is 4.79 Å². The highest BCUT2D eigenvalue weighted by atomic mass is 16.5. The Morgan fingerprint density at radius 2 is 1.58 bits per heavy atom. The first-order valence-electron chi connectivity index (χ1n) is 13.0. The van der Waals surface area contributed by atoms with Crippen LogP contribution < -0.4 is 20.2 Å². The minimum Gasteiger partial charge on any atom is -0.497 e. The van der Waals surface area contributed by atoms with Crippen LogP contribution in [0.2, 0.25) is 0 Å². The van der Waals surface area contributed by atoms with Gasteiger partial charge in [0.25, 0.3) is 0 Å². The van der Waals surface area contributed by atoms with Gasteiger partial charge in [-0.1, -0.05) is 48.5 Å². The Balaban J connectivity index is 1.35. The number of piperidine rings is 1. The summed E-state index contributed by atoms with van der Waals surface area (Å²) in [5.41, 5.74) is 9.81. The number of fused-ring (bicyclic) bond motifs is 1. The Bertz CT molecular complexity index is 1370. The second-order valence-electron chi connectivity index (χ2n) is 9.97. The van der Waals surface area contributed by atoms with Crippen LogP contribution in [0.3, 0.4) is 0 Å². The number of benzene rings is 3. The molecule has 0 saturated carbocycles. The number of carbonyl (C=O) groups excluding carboxylic acids is 1. The molecule has 1 aliphatic rings. The van der Waals surface area contributed by atoms with E-state index in [1.54, 1.807) is 14.2 Å². The number of nitrogens with two attached hydrogens (primary N) is 1. The first kappa shape index (κ1) is 25.7. The van der Waals surface area contributed by atoms with Crippen molar-refractivity contribution in [1.29, 1.82) is 0 Å². The van der Waals surface area contributed by atoms with Crippen LogP contribution in [0.25, 0.3) is 10.9 Å². The topological polar surface area (TPSA) is 79.0 Å². The SMILES string of the molecule is COc1cc(COCC2(c3ccccc3)CCN(n3cc(CC(N)=O)c4ccccc43)CC2)cc(OC)c1. The third kappa shape index (κ3) is 5.34. The van der Waals surface area contributed by atoms with Crippen LogP contribution in [0, 0.1) is 0 Å². The summed E-state index contributed by atoms with van der Waals surface area (Å²) in [5, 5.41) is 3.43. The maximum atomic E-state index is 11.7. The molecule has 4 aromatic rings. The van der Waals surface area contributed by atoms with E-state index in [0.29, 0.717) is 13.2 Å². The molecule has 0 radical (unpaired) electrons. The molecule has 198 valence electrons. The number of hydrogen-bond donors (Lipinski definition) is 1. The van der Waals surface area contributed by atoms with Gasteiger partial charge in [0.05, 0.1) is 39.4 Å². The van der Waals surface area contributed by atoms with Crippen molar-refractivity contribution in [2.45, 2.75) is 31.3 Å². The number of primary amides is 1. The summed E-state index contributed by atoms with van der Waals surface area (Å²) in [7, 11) is 3.31. The van der Waals surface area contributed by atoms with Crippen molar-refractivity contribution in [2.24, 2.45) is 5.73 Å². The Kier molecular flexibility index (Phi) is 7.56. The molecular weight excluding hydrogens is 478 g/mol. The van der Waals surface area contributed by atoms with Crippen molar-refractivity contribution in [3.8, 4) is 11.5 Å². The monoisotopic (exact) mass is 513 g/mol. The highest BCUT2D eigenvalue weighted by Crippen LogP contribution is 2.37. The second kappa shape index (κ2) is 11.2. The smallest absolute Gasteiger partial charge is 0.221 e. The zero-order valence-corrected chi connectivity index (χ0v) is 22.1. The van der Waals surface area contributed by atoms with Gasteiger partial charge in [-0.15, -0.1) is 0 Å². The van der Waals surface area contributed by atoms with Gasteiger partial charge in [-0.2, -0.15) is 0 Å². The number of carbonyl (C=O) groups is 1. The second-order valence-corrected chi connectivity index (χ2v) is 9.97. The minimum absolute atomic E-state index is 0.0975. The first-order valence-corrected chi connectivity index (χ1v) is 13.0. The van der Waals surface area contributed by atoms with E-state index in [0.717, 1.165) is 59.5 Å². The molecule has 3 aromatic carbocycles. The molecule has 7 nitrogen and oxygen atoms in total. The summed E-state index contributed by atoms with van der Waals surface area (Å²) in [5.74, 6) is 1.19. The first-order chi connectivity index (χ1) is 18.5. The molecule has 2 N–H and O–H groups in total. The zero-order valence-electron chi connectivity index (χ0n) is 22.1. The Labute approximate surface area is 223 Å². The summed E-state index contributed by atoms with van der Waals surface area (Å²) < 4.78 is 19.4. The average Bonchev–Trinajstić information content (AvgIpc) is 3.31. The molecule has 0 spiro atoms. The van der Waals surface area contributed by atoms with E-state index in [2.05, 4.69) is 58.3 Å². The number of hydrogen-bond acceptors (Lipinski definition) is 5. The van der Waals surface area contributed by atoms with E-state index < -0.39 is 0 Å². The maximum Gasteiger partial charge on any atom is 0.221 e. The highest BCUT2D eigenvalue weighted by Gasteiger charge is 2.37. The lowest BCUT2D eigenvalue weighted by Crippen LogP contribution is -2.49. The molecule has 38 heavy (non-hydrogen) atoms. The van der Waals surface area contributed by atoms with Gasteiger partial charge < -0.3 is 25.0 Å². The molecule has 0 bridgehead atoms. The quantitative estimate of drug-likeness (QED) is 0.336. The van der Waals surface area contributed by atoms with Crippen molar-refractivity contribution in [3.05, 3.63) is 95.7 Å². The lowest BCUT2D eigenvalue weighted by molar-refractivity contribution is -0.117. The summed E-state index contributed by atoms with van der Waals surface area (Å²) in [4.78, 5) is 11.7. The van der Waals surface area contributed by atoms with E-state index in [1.165, 1.54) is 5.56 Å². The van der Waals surface area contributed by atoms with Crippen LogP contribution in [-0.4, -0.2) is 44.5 Å². The number of nitrogens with zero attached hydrogens (tertiary/aromatic N) is 2. The fraction of sp³-hybridized carbons (Fsp3) is 0.323. The third-order valence-electron chi connectivity index (χ3n) is 7.59. The fourth-order valence-electron chi connectivity index (χ4n) is 5.55. The van der Waals surface area contributed by atoms with Crippen LogP contribution in [0.1, 0.15) is 29.5 Å². The molecule has 1 amide bonds. The number of ether oxygens (including phenoxy) is 3. The van der Waals surface area contributed by atoms with Gasteiger partial charge in [0.15, 0.2) is 0 Å². The van der Waals surface area contributed by atoms with Crippen molar-refractivity contribution in [2.75, 3.05) is 38.9 Å². The predicted octanol–water partition coefficient (Wildman–Crippen LogP) is 4.57. The molecule has 0 atom stereocenters. The van der Waals surface area contributed by atoms with Crippen LogP contribution in [0.15, 0.2) is 79.0 Å². The minimum atomic E-state index is -0.319. The average molecular weight is 514 g/mol. The van der Waals surface area contributed by atoms with Gasteiger partial charge in [0.2, 0.25) is 5.91 Å². The van der Waals surface area contributed by atoms with E-state index in [-0.39, 0.29) is 17.7 Å². The molecule has 1 fully saturated rings. The highest BCUT2D eigenvalue weighted by molar-refractivity contribution is 5.89. The number of amides is 1. The van der Waals surface area contributed by atoms with E-state index >= 15 is 0 Å². The Morgan fingerprint density at radius 1 is 0.921 bits per heavy atom. The lowest BCUT2D eigenvalue weighted by atomic mass is 9.73. The van der Waals surface area contributed by atoms with Crippen molar-refractivity contribution < 1.29 is 19.0 Å².